The third kappa shape index (κ3) is 11.7. The number of nitrogens with zero attached hydrogens (tertiary/aromatic N) is 4. The Bertz CT molecular complexity index is 2780. The number of rotatable bonds is 27. The first kappa shape index (κ1) is 49.7. The van der Waals surface area contributed by atoms with Gasteiger partial charge in [-0.05, 0) is 98.5 Å². The van der Waals surface area contributed by atoms with Crippen molar-refractivity contribution in [3.63, 3.8) is 0 Å². The lowest BCUT2D eigenvalue weighted by molar-refractivity contribution is 0.0482. The molecule has 0 aliphatic rings. The number of benzene rings is 4. The molecule has 4 aromatic carbocycles. The Morgan fingerprint density at radius 1 is 0.443 bits per heavy atom. The summed E-state index contributed by atoms with van der Waals surface area (Å²) < 4.78 is 27.3. The van der Waals surface area contributed by atoms with Crippen LogP contribution in [0.2, 0.25) is 0 Å². The second-order valence-corrected chi connectivity index (χ2v) is 18.5. The summed E-state index contributed by atoms with van der Waals surface area (Å²) in [5.41, 5.74) is 8.47. The first-order valence-electron chi connectivity index (χ1n) is 25.9. The van der Waals surface area contributed by atoms with Crippen molar-refractivity contribution >= 4 is 55.6 Å². The molecule has 0 bridgehead atoms. The molecule has 0 saturated carbocycles. The quantitative estimate of drug-likeness (QED) is 0.0371. The fourth-order valence-corrected chi connectivity index (χ4v) is 9.86. The molecule has 0 unspecified atom stereocenters. The van der Waals surface area contributed by atoms with Crippen LogP contribution in [0.5, 0.6) is 11.5 Å². The van der Waals surface area contributed by atoms with E-state index in [-0.39, 0.29) is 11.9 Å². The Hall–Kier alpha value is -6.68. The number of pyridine rings is 2. The average Bonchev–Trinajstić information content (AvgIpc) is 3.90. The predicted molar refractivity (Wildman–Crippen MR) is 284 cm³/mol. The van der Waals surface area contributed by atoms with Gasteiger partial charge in [-0.25, -0.2) is 19.6 Å². The Kier molecular flexibility index (Phi) is 17.6. The summed E-state index contributed by atoms with van der Waals surface area (Å²) in [5, 5.41) is 4.26. The number of carbonyl (C=O) groups excluding carboxylic acids is 2. The van der Waals surface area contributed by atoms with Gasteiger partial charge in [-0.15, -0.1) is 0 Å². The molecule has 0 atom stereocenters. The lowest BCUT2D eigenvalue weighted by Crippen LogP contribution is -2.10. The van der Waals surface area contributed by atoms with Crippen molar-refractivity contribution in [3.8, 4) is 34.0 Å². The molecule has 0 amide bonds. The highest BCUT2D eigenvalue weighted by Gasteiger charge is 2.23. The number of hydrogen-bond donors (Lipinski definition) is 0. The molecule has 0 radical (unpaired) electrons. The first-order chi connectivity index (χ1) is 34.4. The van der Waals surface area contributed by atoms with E-state index in [0.29, 0.717) is 24.6 Å². The summed E-state index contributed by atoms with van der Waals surface area (Å²) in [6.45, 7) is 6.94. The molecule has 0 aliphatic carbocycles. The third-order valence-corrected chi connectivity index (χ3v) is 13.6. The number of fused-ring (bicyclic) bond motifs is 6. The molecule has 0 spiro atoms. The highest BCUT2D eigenvalue weighted by molar-refractivity contribution is 6.14. The number of esters is 2. The van der Waals surface area contributed by atoms with Gasteiger partial charge in [0.2, 0.25) is 0 Å². The molecule has 10 nitrogen and oxygen atoms in total. The Labute approximate surface area is 413 Å². The summed E-state index contributed by atoms with van der Waals surface area (Å²) >= 11 is 0. The van der Waals surface area contributed by atoms with Gasteiger partial charge < -0.3 is 28.1 Å². The van der Waals surface area contributed by atoms with E-state index in [1.54, 1.807) is 14.2 Å². The number of hydrogen-bond acceptors (Lipinski definition) is 8. The summed E-state index contributed by atoms with van der Waals surface area (Å²) in [5.74, 6) is 0.773. The highest BCUT2D eigenvalue weighted by atomic mass is 16.5. The maximum atomic E-state index is 13.6. The average molecular weight is 943 g/mol. The number of ether oxygens (including phenoxy) is 4. The van der Waals surface area contributed by atoms with Crippen molar-refractivity contribution < 1.29 is 28.5 Å². The van der Waals surface area contributed by atoms with Crippen LogP contribution in [0.15, 0.2) is 109 Å². The Balaban J connectivity index is 0.776. The standard InChI is InChI=1S/C60H70N4O6/c1-5-7-21-37-63-53-27-19-17-25-47(53)49-41-51(61-55(57(49)63)43-29-33-45(67-3)34-30-43)59(65)69-39-23-15-13-11-9-10-12-14-16-24-40-70-60(66)52-42-50-48-26-18-20-28-54(48)64(38-22-8-6-2)58(50)56(62-52)44-31-35-46(68-4)36-32-44/h17-20,25-36,41-42H,5-16,21-24,37-40H2,1-4H3. The molecule has 0 fully saturated rings. The third-order valence-electron chi connectivity index (χ3n) is 13.6. The molecular formula is C60H70N4O6. The second kappa shape index (κ2) is 24.7. The van der Waals surface area contributed by atoms with E-state index in [9.17, 15) is 9.59 Å². The minimum atomic E-state index is -0.385. The monoisotopic (exact) mass is 943 g/mol. The molecule has 70 heavy (non-hydrogen) atoms. The van der Waals surface area contributed by atoms with Crippen molar-refractivity contribution in [1.82, 2.24) is 19.1 Å². The molecule has 4 aromatic heterocycles. The van der Waals surface area contributed by atoms with Crippen molar-refractivity contribution in [1.29, 1.82) is 0 Å². The SMILES string of the molecule is CCCCCn1c2ccccc2c2cc(C(=O)OCCCCCCCCCCCCOC(=O)c3cc4c5ccccc5n(CCCCC)c4c(-c4ccc(OC)cc4)n3)nc(-c3ccc(OC)cc3)c21. The fraction of sp³-hybridized carbons (Fsp3) is 0.400. The van der Waals surface area contributed by atoms with Crippen LogP contribution in [-0.2, 0) is 22.6 Å². The van der Waals surface area contributed by atoms with Gasteiger partial charge in [-0.2, -0.15) is 0 Å². The lowest BCUT2D eigenvalue weighted by atomic mass is 10.1. The van der Waals surface area contributed by atoms with Gasteiger partial charge in [-0.1, -0.05) is 127 Å². The highest BCUT2D eigenvalue weighted by Crippen LogP contribution is 2.38. The van der Waals surface area contributed by atoms with Gasteiger partial charge >= 0.3 is 11.9 Å². The number of carbonyl (C=O) groups is 2. The maximum absolute atomic E-state index is 13.6. The van der Waals surface area contributed by atoms with Gasteiger partial charge in [-0.3, -0.25) is 0 Å². The van der Waals surface area contributed by atoms with Crippen molar-refractivity contribution in [2.24, 2.45) is 0 Å². The molecule has 4 heterocycles. The smallest absolute Gasteiger partial charge is 0.356 e. The van der Waals surface area contributed by atoms with Crippen LogP contribution in [-0.4, -0.2) is 58.5 Å². The van der Waals surface area contributed by atoms with E-state index in [1.165, 1.54) is 12.8 Å². The van der Waals surface area contributed by atoms with Crippen molar-refractivity contribution in [2.45, 2.75) is 130 Å². The summed E-state index contributed by atoms with van der Waals surface area (Å²) in [7, 11) is 3.33. The minimum Gasteiger partial charge on any atom is -0.497 e. The van der Waals surface area contributed by atoms with Crippen molar-refractivity contribution in [3.05, 3.63) is 121 Å². The zero-order chi connectivity index (χ0) is 48.7. The molecule has 0 saturated heterocycles. The van der Waals surface area contributed by atoms with Crippen LogP contribution in [0.4, 0.5) is 0 Å². The van der Waals surface area contributed by atoms with E-state index in [4.69, 9.17) is 28.9 Å². The van der Waals surface area contributed by atoms with Crippen LogP contribution >= 0.6 is 0 Å². The fourth-order valence-electron chi connectivity index (χ4n) is 9.86. The Morgan fingerprint density at radius 2 is 0.814 bits per heavy atom. The minimum absolute atomic E-state index is 0.333. The van der Waals surface area contributed by atoms with E-state index in [1.807, 2.05) is 60.7 Å². The zero-order valence-electron chi connectivity index (χ0n) is 41.8. The number of aromatic nitrogens is 4. The van der Waals surface area contributed by atoms with Crippen LogP contribution < -0.4 is 9.47 Å². The summed E-state index contributed by atoms with van der Waals surface area (Å²) in [4.78, 5) is 37.1. The normalized spacial score (nSPS) is 11.5. The molecule has 0 aliphatic heterocycles. The second-order valence-electron chi connectivity index (χ2n) is 18.5. The van der Waals surface area contributed by atoms with E-state index in [2.05, 4.69) is 71.5 Å². The zero-order valence-corrected chi connectivity index (χ0v) is 41.8. The van der Waals surface area contributed by atoms with Gasteiger partial charge in [0.05, 0.1) is 49.9 Å². The van der Waals surface area contributed by atoms with E-state index >= 15 is 0 Å². The van der Waals surface area contributed by atoms with Crippen molar-refractivity contribution in [2.75, 3.05) is 27.4 Å². The molecular weight excluding hydrogens is 873 g/mol. The number of aryl methyl sites for hydroxylation is 2. The molecule has 0 N–H and O–H groups in total. The largest absolute Gasteiger partial charge is 0.497 e. The lowest BCUT2D eigenvalue weighted by Gasteiger charge is -2.13. The molecule has 10 heteroatoms. The molecule has 8 aromatic rings. The molecule has 366 valence electrons. The van der Waals surface area contributed by atoms with E-state index < -0.39 is 0 Å². The summed E-state index contributed by atoms with van der Waals surface area (Å²) in [6, 6.07) is 36.5. The number of methoxy groups -OCH3 is 2. The molecule has 8 rings (SSSR count). The van der Waals surface area contributed by atoms with E-state index in [0.717, 1.165) is 181 Å². The van der Waals surface area contributed by atoms with Crippen LogP contribution in [0.1, 0.15) is 138 Å². The summed E-state index contributed by atoms with van der Waals surface area (Å²) in [6.07, 6.45) is 17.3. The van der Waals surface area contributed by atoms with Crippen LogP contribution in [0, 0.1) is 0 Å². The first-order valence-corrected chi connectivity index (χ1v) is 25.9. The van der Waals surface area contributed by atoms with Gasteiger partial charge in [0.15, 0.2) is 0 Å². The van der Waals surface area contributed by atoms with Crippen LogP contribution in [0.3, 0.4) is 0 Å². The Morgan fingerprint density at radius 3 is 1.19 bits per heavy atom. The van der Waals surface area contributed by atoms with Crippen LogP contribution in [0.25, 0.3) is 66.1 Å². The number of para-hydroxylation sites is 2. The number of unbranched alkanes of at least 4 members (excludes halogenated alkanes) is 13. The van der Waals surface area contributed by atoms with Gasteiger partial charge in [0, 0.05) is 56.8 Å². The maximum Gasteiger partial charge on any atom is 0.356 e. The predicted octanol–water partition coefficient (Wildman–Crippen LogP) is 15.3. The van der Waals surface area contributed by atoms with Gasteiger partial charge in [0.25, 0.3) is 0 Å². The van der Waals surface area contributed by atoms with Gasteiger partial charge in [0.1, 0.15) is 22.9 Å². The topological polar surface area (TPSA) is 107 Å².